The van der Waals surface area contributed by atoms with Crippen LogP contribution >= 0.6 is 27.3 Å². The van der Waals surface area contributed by atoms with E-state index in [0.717, 1.165) is 37.1 Å². The molecule has 27 heavy (non-hydrogen) atoms. The summed E-state index contributed by atoms with van der Waals surface area (Å²) in [6.07, 6.45) is 0.269. The lowest BCUT2D eigenvalue weighted by Crippen LogP contribution is -2.30. The first-order chi connectivity index (χ1) is 13.1. The molecule has 4 rings (SSSR count). The van der Waals surface area contributed by atoms with Gasteiger partial charge >= 0.3 is 0 Å². The van der Waals surface area contributed by atoms with Crippen LogP contribution in [0.3, 0.4) is 0 Å². The second-order valence-electron chi connectivity index (χ2n) is 6.16. The third kappa shape index (κ3) is 3.82. The summed E-state index contributed by atoms with van der Waals surface area (Å²) in [6.45, 7) is 0.476. The minimum atomic E-state index is 0.0334. The van der Waals surface area contributed by atoms with Crippen molar-refractivity contribution in [3.8, 4) is 5.75 Å². The summed E-state index contributed by atoms with van der Waals surface area (Å²) in [5, 5.41) is 0. The standard InChI is InChI=1S/C21H17BrN2O2S/c1-26-15-6-4-5-14(11-15)13-24-18-8-3-2-7-16(18)23-17(12-21(24)25)19-9-10-20(22)27-19/h2-11H,12-13H2,1H3. The quantitative estimate of drug-likeness (QED) is 0.531. The molecule has 0 saturated heterocycles. The highest BCUT2D eigenvalue weighted by Crippen LogP contribution is 2.35. The number of rotatable bonds is 4. The first kappa shape index (κ1) is 17.9. The number of carbonyl (C=O) groups is 1. The van der Waals surface area contributed by atoms with Gasteiger partial charge in [0.25, 0.3) is 0 Å². The fraction of sp³-hybridized carbons (Fsp3) is 0.143. The molecule has 1 amide bonds. The lowest BCUT2D eigenvalue weighted by molar-refractivity contribution is -0.117. The molecule has 136 valence electrons. The average molecular weight is 441 g/mol. The number of anilines is 1. The van der Waals surface area contributed by atoms with Gasteiger partial charge in [-0.3, -0.25) is 4.79 Å². The molecule has 4 nitrogen and oxygen atoms in total. The molecule has 0 saturated carbocycles. The average Bonchev–Trinajstić information content (AvgIpc) is 3.07. The Morgan fingerprint density at radius 1 is 1.15 bits per heavy atom. The molecule has 0 atom stereocenters. The van der Waals surface area contributed by atoms with Crippen LogP contribution in [0.2, 0.25) is 0 Å². The van der Waals surface area contributed by atoms with E-state index in [-0.39, 0.29) is 12.3 Å². The molecule has 6 heteroatoms. The molecular formula is C21H17BrN2O2S. The molecule has 3 aromatic rings. The van der Waals surface area contributed by atoms with Gasteiger partial charge in [0.15, 0.2) is 0 Å². The van der Waals surface area contributed by atoms with Gasteiger partial charge in [0.2, 0.25) is 5.91 Å². The fourth-order valence-electron chi connectivity index (χ4n) is 3.08. The van der Waals surface area contributed by atoms with Crippen LogP contribution in [0.4, 0.5) is 11.4 Å². The second kappa shape index (κ2) is 7.66. The molecule has 1 aliphatic heterocycles. The highest BCUT2D eigenvalue weighted by molar-refractivity contribution is 9.11. The van der Waals surface area contributed by atoms with E-state index in [1.807, 2.05) is 65.6 Å². The molecule has 2 heterocycles. The van der Waals surface area contributed by atoms with Crippen molar-refractivity contribution in [3.63, 3.8) is 0 Å². The number of amides is 1. The maximum Gasteiger partial charge on any atom is 0.233 e. The van der Waals surface area contributed by atoms with Crippen LogP contribution in [0.15, 0.2) is 69.4 Å². The number of hydrogen-bond donors (Lipinski definition) is 0. The molecule has 0 N–H and O–H groups in total. The zero-order valence-corrected chi connectivity index (χ0v) is 17.1. The van der Waals surface area contributed by atoms with Crippen molar-refractivity contribution in [2.75, 3.05) is 12.0 Å². The summed E-state index contributed by atoms with van der Waals surface area (Å²) in [6, 6.07) is 19.6. The van der Waals surface area contributed by atoms with Gasteiger partial charge in [0.1, 0.15) is 5.75 Å². The molecular weight excluding hydrogens is 424 g/mol. The molecule has 1 aromatic heterocycles. The Hall–Kier alpha value is -2.44. The smallest absolute Gasteiger partial charge is 0.233 e. The van der Waals surface area contributed by atoms with Crippen LogP contribution < -0.4 is 9.64 Å². The van der Waals surface area contributed by atoms with Crippen molar-refractivity contribution in [2.45, 2.75) is 13.0 Å². The van der Waals surface area contributed by atoms with Crippen molar-refractivity contribution < 1.29 is 9.53 Å². The Morgan fingerprint density at radius 3 is 2.78 bits per heavy atom. The molecule has 1 aliphatic rings. The predicted octanol–water partition coefficient (Wildman–Crippen LogP) is 5.58. The SMILES string of the molecule is COc1cccc(CN2C(=O)CC(c3ccc(Br)s3)=Nc3ccccc32)c1. The number of fused-ring (bicyclic) bond motifs is 1. The van der Waals surface area contributed by atoms with Crippen molar-refractivity contribution in [1.29, 1.82) is 0 Å². The first-order valence-electron chi connectivity index (χ1n) is 8.49. The Kier molecular flexibility index (Phi) is 5.09. The lowest BCUT2D eigenvalue weighted by atomic mass is 10.1. The Bertz CT molecular complexity index is 1030. The number of carbonyl (C=O) groups excluding carboxylic acids is 1. The lowest BCUT2D eigenvalue weighted by Gasteiger charge is -2.22. The van der Waals surface area contributed by atoms with E-state index in [2.05, 4.69) is 15.9 Å². The van der Waals surface area contributed by atoms with Crippen LogP contribution in [0.1, 0.15) is 16.9 Å². The number of halogens is 1. The van der Waals surface area contributed by atoms with Crippen LogP contribution in [0.25, 0.3) is 0 Å². The van der Waals surface area contributed by atoms with E-state index in [1.54, 1.807) is 18.4 Å². The first-order valence-corrected chi connectivity index (χ1v) is 10.1. The number of nitrogens with zero attached hydrogens (tertiary/aromatic N) is 2. The summed E-state index contributed by atoms with van der Waals surface area (Å²) < 4.78 is 6.34. The molecule has 0 spiro atoms. The maximum atomic E-state index is 13.1. The van der Waals surface area contributed by atoms with Gasteiger partial charge in [-0.15, -0.1) is 11.3 Å². The van der Waals surface area contributed by atoms with Crippen molar-refractivity contribution in [1.82, 2.24) is 0 Å². The van der Waals surface area contributed by atoms with Gasteiger partial charge in [0.05, 0.1) is 45.8 Å². The molecule has 0 aliphatic carbocycles. The molecule has 0 fully saturated rings. The number of thiophene rings is 1. The van der Waals surface area contributed by atoms with Gasteiger partial charge in [-0.25, -0.2) is 4.99 Å². The van der Waals surface area contributed by atoms with Gasteiger partial charge in [-0.2, -0.15) is 0 Å². The van der Waals surface area contributed by atoms with E-state index in [1.165, 1.54) is 0 Å². The monoisotopic (exact) mass is 440 g/mol. The zero-order chi connectivity index (χ0) is 18.8. The summed E-state index contributed by atoms with van der Waals surface area (Å²) in [7, 11) is 1.64. The molecule has 2 aromatic carbocycles. The van der Waals surface area contributed by atoms with Crippen LogP contribution in [0.5, 0.6) is 5.75 Å². The highest BCUT2D eigenvalue weighted by atomic mass is 79.9. The molecule has 0 radical (unpaired) electrons. The number of benzene rings is 2. The summed E-state index contributed by atoms with van der Waals surface area (Å²) in [4.78, 5) is 20.8. The fourth-order valence-corrected chi connectivity index (χ4v) is 4.46. The number of aliphatic imine (C=N–C) groups is 1. The Morgan fingerprint density at radius 2 is 2.00 bits per heavy atom. The highest BCUT2D eigenvalue weighted by Gasteiger charge is 2.25. The summed E-state index contributed by atoms with van der Waals surface area (Å²) in [5.74, 6) is 0.814. The van der Waals surface area contributed by atoms with E-state index >= 15 is 0 Å². The molecule has 0 unspecified atom stereocenters. The Balaban J connectivity index is 1.72. The van der Waals surface area contributed by atoms with Gasteiger partial charge in [-0.05, 0) is 57.9 Å². The van der Waals surface area contributed by atoms with E-state index in [9.17, 15) is 4.79 Å². The van der Waals surface area contributed by atoms with Gasteiger partial charge in [-0.1, -0.05) is 24.3 Å². The number of ether oxygens (including phenoxy) is 1. The van der Waals surface area contributed by atoms with Crippen molar-refractivity contribution >= 4 is 50.3 Å². The third-order valence-electron chi connectivity index (χ3n) is 4.38. The molecule has 0 bridgehead atoms. The second-order valence-corrected chi connectivity index (χ2v) is 8.62. The van der Waals surface area contributed by atoms with Crippen LogP contribution in [-0.4, -0.2) is 18.7 Å². The zero-order valence-electron chi connectivity index (χ0n) is 14.7. The normalized spacial score (nSPS) is 13.8. The number of hydrogen-bond acceptors (Lipinski definition) is 4. The number of para-hydroxylation sites is 2. The third-order valence-corrected chi connectivity index (χ3v) is 6.05. The van der Waals surface area contributed by atoms with Gasteiger partial charge < -0.3 is 9.64 Å². The van der Waals surface area contributed by atoms with E-state index < -0.39 is 0 Å². The largest absolute Gasteiger partial charge is 0.497 e. The summed E-state index contributed by atoms with van der Waals surface area (Å²) in [5.41, 5.74) is 3.46. The van der Waals surface area contributed by atoms with E-state index in [4.69, 9.17) is 9.73 Å². The Labute approximate surface area is 170 Å². The van der Waals surface area contributed by atoms with Crippen molar-refractivity contribution in [2.24, 2.45) is 4.99 Å². The van der Waals surface area contributed by atoms with Crippen molar-refractivity contribution in [3.05, 3.63) is 74.9 Å². The number of methoxy groups -OCH3 is 1. The predicted molar refractivity (Wildman–Crippen MR) is 113 cm³/mol. The minimum absolute atomic E-state index is 0.0334. The maximum absolute atomic E-state index is 13.1. The van der Waals surface area contributed by atoms with Crippen LogP contribution in [-0.2, 0) is 11.3 Å². The van der Waals surface area contributed by atoms with Gasteiger partial charge in [0, 0.05) is 0 Å². The van der Waals surface area contributed by atoms with Crippen LogP contribution in [0, 0.1) is 0 Å². The van der Waals surface area contributed by atoms with E-state index in [0.29, 0.717) is 6.54 Å². The summed E-state index contributed by atoms with van der Waals surface area (Å²) >= 11 is 5.08. The topological polar surface area (TPSA) is 41.9 Å². The minimum Gasteiger partial charge on any atom is -0.497 e.